The quantitative estimate of drug-likeness (QED) is 0.143. The molecule has 0 aliphatic heterocycles. The largest absolute Gasteiger partial charge is 1.00 e. The second kappa shape index (κ2) is 13.6. The maximum Gasteiger partial charge on any atom is 1.00 e. The zero-order valence-corrected chi connectivity index (χ0v) is 23.2. The Labute approximate surface area is 230 Å². The summed E-state index contributed by atoms with van der Waals surface area (Å²) in [5.41, 5.74) is -4.07. The molecule has 0 saturated heterocycles. The number of carbonyl (C=O) groups excluding carboxylic acids is 2. The summed E-state index contributed by atoms with van der Waals surface area (Å²) in [6, 6.07) is 0. The Balaban J connectivity index is -0.00000450. The molecule has 0 aromatic heterocycles. The molecule has 0 bridgehead atoms. The first kappa shape index (κ1) is 37.9. The van der Waals surface area contributed by atoms with E-state index < -0.39 is 69.5 Å². The summed E-state index contributed by atoms with van der Waals surface area (Å²) >= 11 is 0. The minimum Gasteiger partial charge on any atom is -0.549 e. The molecule has 0 heterocycles. The van der Waals surface area contributed by atoms with E-state index in [9.17, 15) is 59.0 Å². The van der Waals surface area contributed by atoms with E-state index in [0.29, 0.717) is 6.42 Å². The number of carboxylic acids is 2. The van der Waals surface area contributed by atoms with Crippen molar-refractivity contribution in [1.82, 2.24) is 0 Å². The molecule has 0 fully saturated rings. The molecule has 0 amide bonds. The molecule has 0 saturated carbocycles. The Kier molecular flexibility index (Phi) is 15.6. The molecule has 184 valence electrons. The van der Waals surface area contributed by atoms with Gasteiger partial charge in [0.1, 0.15) is 5.25 Å². The van der Waals surface area contributed by atoms with Crippen molar-refractivity contribution in [2.24, 2.45) is 11.3 Å². The Hall–Kier alpha value is 0.360. The van der Waals surface area contributed by atoms with Crippen molar-refractivity contribution in [3.63, 3.8) is 0 Å². The van der Waals surface area contributed by atoms with E-state index in [0.717, 1.165) is 0 Å². The van der Waals surface area contributed by atoms with Crippen molar-refractivity contribution in [3.05, 3.63) is 0 Å². The third kappa shape index (κ3) is 9.07. The van der Waals surface area contributed by atoms with Crippen LogP contribution < -0.4 is 69.3 Å². The second-order valence-electron chi connectivity index (χ2n) is 7.23. The van der Waals surface area contributed by atoms with Crippen LogP contribution in [0.3, 0.4) is 0 Å². The molecule has 0 aliphatic carbocycles. The Bertz CT molecular complexity index is 763. The fourth-order valence-electron chi connectivity index (χ4n) is 3.34. The molecule has 0 aromatic carbocycles. The van der Waals surface area contributed by atoms with Crippen LogP contribution in [-0.2, 0) is 19.7 Å². The van der Waals surface area contributed by atoms with Gasteiger partial charge in [-0.2, -0.15) is 39.2 Å². The number of aliphatic carboxylic acids is 2. The summed E-state index contributed by atoms with van der Waals surface area (Å²) in [6.07, 6.45) is -10.8. The van der Waals surface area contributed by atoms with Gasteiger partial charge in [0.15, 0.2) is 0 Å². The number of hydrogen-bond acceptors (Lipinski definition) is 6. The molecule has 7 nitrogen and oxygen atoms in total. The summed E-state index contributed by atoms with van der Waals surface area (Å²) in [6.45, 7) is 2.98. The molecule has 0 spiro atoms. The van der Waals surface area contributed by atoms with Gasteiger partial charge in [0.05, 0.1) is 5.97 Å². The molecule has 0 radical (unpaired) electrons. The van der Waals surface area contributed by atoms with Crippen LogP contribution in [0.1, 0.15) is 52.4 Å². The minimum atomic E-state index is -6.89. The van der Waals surface area contributed by atoms with Gasteiger partial charge in [0, 0.05) is 17.8 Å². The maximum absolute atomic E-state index is 14.1. The van der Waals surface area contributed by atoms with Crippen LogP contribution in [0.2, 0.25) is 0 Å². The SMILES string of the molecule is CCCCC(CC)CC(CC(F)(F)C(F)(F)C(F)(F)F)(C(=O)[O-])C(C(=O)[O-])S(=O)(=O)O.[Na+].[Na+]. The number of carbonyl (C=O) groups is 2. The normalized spacial score (nSPS) is 16.5. The first-order valence-corrected chi connectivity index (χ1v) is 10.4. The molecule has 1 N–H and O–H groups in total. The molecule has 17 heteroatoms. The smallest absolute Gasteiger partial charge is 0.549 e. The molecular formula is C16H21F7Na2O7S. The zero-order chi connectivity index (χ0) is 25.1. The molecule has 0 aliphatic rings. The number of alkyl halides is 7. The van der Waals surface area contributed by atoms with Crippen LogP contribution in [0.25, 0.3) is 0 Å². The third-order valence-corrected chi connectivity index (χ3v) is 6.21. The van der Waals surface area contributed by atoms with Crippen molar-refractivity contribution in [2.45, 2.75) is 75.6 Å². The Morgan fingerprint density at radius 3 is 1.70 bits per heavy atom. The van der Waals surface area contributed by atoms with Gasteiger partial charge in [-0.05, 0) is 12.3 Å². The average molecular weight is 536 g/mol. The molecule has 0 rings (SSSR count). The fraction of sp³-hybridized carbons (Fsp3) is 0.875. The van der Waals surface area contributed by atoms with Crippen LogP contribution in [0.5, 0.6) is 0 Å². The first-order valence-electron chi connectivity index (χ1n) is 8.92. The van der Waals surface area contributed by atoms with Crippen LogP contribution in [-0.4, -0.2) is 48.2 Å². The molecule has 33 heavy (non-hydrogen) atoms. The van der Waals surface area contributed by atoms with Gasteiger partial charge in [-0.1, -0.05) is 39.5 Å². The van der Waals surface area contributed by atoms with Crippen molar-refractivity contribution >= 4 is 22.1 Å². The van der Waals surface area contributed by atoms with Crippen LogP contribution in [0, 0.1) is 11.3 Å². The van der Waals surface area contributed by atoms with Crippen molar-refractivity contribution in [3.8, 4) is 0 Å². The maximum atomic E-state index is 14.1. The van der Waals surface area contributed by atoms with Gasteiger partial charge in [-0.25, -0.2) is 0 Å². The van der Waals surface area contributed by atoms with Gasteiger partial charge in [-0.3, -0.25) is 4.55 Å². The zero-order valence-electron chi connectivity index (χ0n) is 18.3. The van der Waals surface area contributed by atoms with Crippen LogP contribution in [0.15, 0.2) is 0 Å². The predicted molar refractivity (Wildman–Crippen MR) is 86.3 cm³/mol. The van der Waals surface area contributed by atoms with E-state index in [2.05, 4.69) is 0 Å². The van der Waals surface area contributed by atoms with Crippen molar-refractivity contribution in [1.29, 1.82) is 0 Å². The summed E-state index contributed by atoms with van der Waals surface area (Å²) < 4.78 is 125. The molecule has 0 aromatic rings. The number of carboxylic acid groups (broad SMARTS) is 2. The monoisotopic (exact) mass is 536 g/mol. The van der Waals surface area contributed by atoms with E-state index in [4.69, 9.17) is 4.55 Å². The minimum absolute atomic E-state index is 0. The average Bonchev–Trinajstić information content (AvgIpc) is 2.54. The van der Waals surface area contributed by atoms with E-state index in [-0.39, 0.29) is 78.4 Å². The van der Waals surface area contributed by atoms with E-state index in [1.807, 2.05) is 0 Å². The fourth-order valence-corrected chi connectivity index (χ4v) is 4.43. The second-order valence-corrected chi connectivity index (χ2v) is 8.73. The predicted octanol–water partition coefficient (Wildman–Crippen LogP) is -4.43. The number of rotatable bonds is 13. The summed E-state index contributed by atoms with van der Waals surface area (Å²) in [5.74, 6) is -20.2. The summed E-state index contributed by atoms with van der Waals surface area (Å²) in [5, 5.41) is 19.3. The van der Waals surface area contributed by atoms with Gasteiger partial charge in [0.25, 0.3) is 10.1 Å². The Morgan fingerprint density at radius 1 is 0.970 bits per heavy atom. The van der Waals surface area contributed by atoms with Gasteiger partial charge >= 0.3 is 77.1 Å². The van der Waals surface area contributed by atoms with Crippen molar-refractivity contribution < 1.29 is 123 Å². The van der Waals surface area contributed by atoms with E-state index in [1.54, 1.807) is 6.92 Å². The summed E-state index contributed by atoms with van der Waals surface area (Å²) in [4.78, 5) is 23.1. The van der Waals surface area contributed by atoms with E-state index in [1.165, 1.54) is 6.92 Å². The Morgan fingerprint density at radius 2 is 1.42 bits per heavy atom. The molecular weight excluding hydrogens is 515 g/mol. The third-order valence-electron chi connectivity index (χ3n) is 4.97. The van der Waals surface area contributed by atoms with Crippen molar-refractivity contribution in [2.75, 3.05) is 0 Å². The topological polar surface area (TPSA) is 135 Å². The molecule has 3 atom stereocenters. The van der Waals surface area contributed by atoms with Crippen LogP contribution >= 0.6 is 0 Å². The van der Waals surface area contributed by atoms with Gasteiger partial charge < -0.3 is 19.8 Å². The number of halogens is 7. The number of hydrogen-bond donors (Lipinski definition) is 1. The van der Waals surface area contributed by atoms with Crippen LogP contribution in [0.4, 0.5) is 30.7 Å². The standard InChI is InChI=1S/C16H23F7O7S.2Na/c1-3-5-6-9(4-2)7-13(12(26)27,10(11(24)25)31(28,29)30)8-14(17,18)15(19,20)16(21,22)23;;/h9-10H,3-8H2,1-2H3,(H,24,25)(H,26,27)(H,28,29,30);;/q;2*+1/p-2. The number of unbranched alkanes of at least 4 members (excludes halogenated alkanes) is 1. The first-order chi connectivity index (χ1) is 13.7. The van der Waals surface area contributed by atoms with Gasteiger partial charge in [0.2, 0.25) is 0 Å². The molecule has 3 unspecified atom stereocenters. The summed E-state index contributed by atoms with van der Waals surface area (Å²) in [7, 11) is -6.14. The van der Waals surface area contributed by atoms with E-state index >= 15 is 0 Å². The van der Waals surface area contributed by atoms with Gasteiger partial charge in [-0.15, -0.1) is 0 Å².